The molecule has 0 saturated heterocycles. The van der Waals surface area contributed by atoms with Gasteiger partial charge in [-0.15, -0.1) is 11.3 Å². The van der Waals surface area contributed by atoms with Gasteiger partial charge in [0.05, 0.1) is 12.1 Å². The highest BCUT2D eigenvalue weighted by Crippen LogP contribution is 2.34. The highest BCUT2D eigenvalue weighted by Gasteiger charge is 2.31. The normalized spacial score (nSPS) is 13.9. The maximum absolute atomic E-state index is 12.4. The third-order valence-electron chi connectivity index (χ3n) is 3.84. The van der Waals surface area contributed by atoms with Crippen LogP contribution in [0.2, 0.25) is 0 Å². The molecule has 0 radical (unpaired) electrons. The Hall–Kier alpha value is -1.89. The predicted molar refractivity (Wildman–Crippen MR) is 89.4 cm³/mol. The SMILES string of the molecule is CC(C)CC(=O)N1CCc2c(sc(C(N)=O)c2C(=O)N(C)C)C1. The molecule has 0 fully saturated rings. The summed E-state index contributed by atoms with van der Waals surface area (Å²) >= 11 is 1.24. The van der Waals surface area contributed by atoms with E-state index in [2.05, 4.69) is 0 Å². The molecule has 3 amide bonds. The standard InChI is InChI=1S/C16H23N3O3S/c1-9(2)7-12(20)19-6-5-10-11(8-19)23-14(15(17)21)13(10)16(22)18(3)4/h9H,5-8H2,1-4H3,(H2,17,21). The van der Waals surface area contributed by atoms with Crippen LogP contribution in [0.5, 0.6) is 0 Å². The van der Waals surface area contributed by atoms with E-state index in [9.17, 15) is 14.4 Å². The summed E-state index contributed by atoms with van der Waals surface area (Å²) in [4.78, 5) is 40.8. The van der Waals surface area contributed by atoms with E-state index in [0.717, 1.165) is 10.4 Å². The van der Waals surface area contributed by atoms with Crippen molar-refractivity contribution in [3.05, 3.63) is 20.9 Å². The molecule has 1 aromatic rings. The zero-order chi connectivity index (χ0) is 17.3. The molecule has 1 aromatic heterocycles. The van der Waals surface area contributed by atoms with Crippen LogP contribution >= 0.6 is 11.3 Å². The van der Waals surface area contributed by atoms with Crippen LogP contribution in [0.25, 0.3) is 0 Å². The Morgan fingerprint density at radius 3 is 2.48 bits per heavy atom. The van der Waals surface area contributed by atoms with Crippen molar-refractivity contribution in [1.29, 1.82) is 0 Å². The Labute approximate surface area is 140 Å². The first kappa shape index (κ1) is 17.5. The summed E-state index contributed by atoms with van der Waals surface area (Å²) in [5.41, 5.74) is 6.73. The van der Waals surface area contributed by atoms with Gasteiger partial charge in [-0.2, -0.15) is 0 Å². The molecule has 1 aliphatic rings. The smallest absolute Gasteiger partial charge is 0.259 e. The summed E-state index contributed by atoms with van der Waals surface area (Å²) in [5, 5.41) is 0. The lowest BCUT2D eigenvalue weighted by atomic mass is 9.99. The summed E-state index contributed by atoms with van der Waals surface area (Å²) in [6.07, 6.45) is 1.09. The molecule has 2 N–H and O–H groups in total. The lowest BCUT2D eigenvalue weighted by Gasteiger charge is -2.28. The fourth-order valence-electron chi connectivity index (χ4n) is 2.72. The molecule has 7 heteroatoms. The number of carbonyl (C=O) groups is 3. The van der Waals surface area contributed by atoms with Crippen molar-refractivity contribution < 1.29 is 14.4 Å². The predicted octanol–water partition coefficient (Wildman–Crippen LogP) is 1.48. The van der Waals surface area contributed by atoms with Crippen molar-refractivity contribution in [3.8, 4) is 0 Å². The number of hydrogen-bond acceptors (Lipinski definition) is 4. The van der Waals surface area contributed by atoms with Crippen LogP contribution in [0.15, 0.2) is 0 Å². The fourth-order valence-corrected chi connectivity index (χ4v) is 3.93. The van der Waals surface area contributed by atoms with Crippen molar-refractivity contribution in [2.24, 2.45) is 11.7 Å². The quantitative estimate of drug-likeness (QED) is 0.903. The number of nitrogens with two attached hydrogens (primary N) is 1. The van der Waals surface area contributed by atoms with Gasteiger partial charge in [-0.25, -0.2) is 0 Å². The summed E-state index contributed by atoms with van der Waals surface area (Å²) in [5.74, 6) is -0.382. The Morgan fingerprint density at radius 2 is 1.96 bits per heavy atom. The van der Waals surface area contributed by atoms with E-state index in [1.54, 1.807) is 19.0 Å². The lowest BCUT2D eigenvalue weighted by molar-refractivity contribution is -0.132. The minimum Gasteiger partial charge on any atom is -0.365 e. The molecule has 0 atom stereocenters. The summed E-state index contributed by atoms with van der Waals surface area (Å²) in [7, 11) is 3.30. The van der Waals surface area contributed by atoms with Gasteiger partial charge in [0.2, 0.25) is 5.91 Å². The van der Waals surface area contributed by atoms with Crippen LogP contribution in [0.1, 0.15) is 50.7 Å². The summed E-state index contributed by atoms with van der Waals surface area (Å²) < 4.78 is 0. The minimum atomic E-state index is -0.588. The topological polar surface area (TPSA) is 83.7 Å². The third kappa shape index (κ3) is 3.55. The zero-order valence-corrected chi connectivity index (χ0v) is 14.8. The number of hydrogen-bond donors (Lipinski definition) is 1. The van der Waals surface area contributed by atoms with E-state index in [-0.39, 0.29) is 11.8 Å². The van der Waals surface area contributed by atoms with Crippen molar-refractivity contribution >= 4 is 29.1 Å². The first-order chi connectivity index (χ1) is 10.7. The molecular formula is C16H23N3O3S. The first-order valence-corrected chi connectivity index (χ1v) is 8.47. The van der Waals surface area contributed by atoms with Crippen molar-refractivity contribution in [2.45, 2.75) is 33.2 Å². The number of nitrogens with zero attached hydrogens (tertiary/aromatic N) is 2. The average Bonchev–Trinajstić information content (AvgIpc) is 2.84. The Morgan fingerprint density at radius 1 is 1.30 bits per heavy atom. The molecule has 0 bridgehead atoms. The molecule has 2 heterocycles. The number of carbonyl (C=O) groups excluding carboxylic acids is 3. The van der Waals surface area contributed by atoms with Crippen LogP contribution in [0.4, 0.5) is 0 Å². The second-order valence-corrected chi connectivity index (χ2v) is 7.54. The molecule has 0 aliphatic carbocycles. The van der Waals surface area contributed by atoms with Gasteiger partial charge in [0.15, 0.2) is 0 Å². The molecule has 0 spiro atoms. The Balaban J connectivity index is 2.35. The van der Waals surface area contributed by atoms with Crippen LogP contribution in [0.3, 0.4) is 0 Å². The van der Waals surface area contributed by atoms with Crippen molar-refractivity contribution in [1.82, 2.24) is 9.80 Å². The molecule has 0 aromatic carbocycles. The van der Waals surface area contributed by atoms with Gasteiger partial charge in [-0.05, 0) is 17.9 Å². The maximum Gasteiger partial charge on any atom is 0.259 e. The molecule has 0 saturated carbocycles. The number of amides is 3. The molecule has 1 aliphatic heterocycles. The van der Waals surface area contributed by atoms with Crippen LogP contribution in [-0.4, -0.2) is 48.2 Å². The lowest BCUT2D eigenvalue weighted by Crippen LogP contribution is -2.36. The Bertz CT molecular complexity index is 649. The average molecular weight is 337 g/mol. The van der Waals surface area contributed by atoms with Gasteiger partial charge >= 0.3 is 0 Å². The molecule has 2 rings (SSSR count). The minimum absolute atomic E-state index is 0.111. The molecular weight excluding hydrogens is 314 g/mol. The number of fused-ring (bicyclic) bond motifs is 1. The largest absolute Gasteiger partial charge is 0.365 e. The Kier molecular flexibility index (Phi) is 5.09. The van der Waals surface area contributed by atoms with Crippen molar-refractivity contribution in [3.63, 3.8) is 0 Å². The monoisotopic (exact) mass is 337 g/mol. The number of thiophene rings is 1. The second-order valence-electron chi connectivity index (χ2n) is 6.44. The van der Waals surface area contributed by atoms with E-state index in [0.29, 0.717) is 42.3 Å². The van der Waals surface area contributed by atoms with Gasteiger partial charge in [0.1, 0.15) is 4.88 Å². The van der Waals surface area contributed by atoms with E-state index in [1.165, 1.54) is 16.2 Å². The van der Waals surface area contributed by atoms with Gasteiger partial charge < -0.3 is 15.5 Å². The van der Waals surface area contributed by atoms with Gasteiger partial charge in [-0.1, -0.05) is 13.8 Å². The molecule has 126 valence electrons. The zero-order valence-electron chi connectivity index (χ0n) is 14.0. The highest BCUT2D eigenvalue weighted by molar-refractivity contribution is 7.14. The van der Waals surface area contributed by atoms with E-state index in [1.807, 2.05) is 13.8 Å². The van der Waals surface area contributed by atoms with Crippen LogP contribution < -0.4 is 5.73 Å². The van der Waals surface area contributed by atoms with Crippen LogP contribution in [-0.2, 0) is 17.8 Å². The van der Waals surface area contributed by atoms with Gasteiger partial charge in [-0.3, -0.25) is 14.4 Å². The highest BCUT2D eigenvalue weighted by atomic mass is 32.1. The number of rotatable bonds is 4. The van der Waals surface area contributed by atoms with E-state index in [4.69, 9.17) is 5.73 Å². The summed E-state index contributed by atoms with van der Waals surface area (Å²) in [6, 6.07) is 0. The molecule has 0 unspecified atom stereocenters. The van der Waals surface area contributed by atoms with E-state index < -0.39 is 5.91 Å². The van der Waals surface area contributed by atoms with E-state index >= 15 is 0 Å². The number of primary amides is 1. The third-order valence-corrected chi connectivity index (χ3v) is 5.07. The van der Waals surface area contributed by atoms with Crippen molar-refractivity contribution in [2.75, 3.05) is 20.6 Å². The van der Waals surface area contributed by atoms with Gasteiger partial charge in [0, 0.05) is 31.9 Å². The maximum atomic E-state index is 12.4. The summed E-state index contributed by atoms with van der Waals surface area (Å²) in [6.45, 7) is 5.04. The first-order valence-electron chi connectivity index (χ1n) is 7.66. The fraction of sp³-hybridized carbons (Fsp3) is 0.562. The molecule has 6 nitrogen and oxygen atoms in total. The molecule has 23 heavy (non-hydrogen) atoms. The second kappa shape index (κ2) is 6.70. The van der Waals surface area contributed by atoms with Crippen LogP contribution in [0, 0.1) is 5.92 Å². The van der Waals surface area contributed by atoms with Gasteiger partial charge in [0.25, 0.3) is 11.8 Å².